The molecule has 1 heterocycles. The molecule has 40 heavy (non-hydrogen) atoms. The molecular weight excluding hydrogens is 568 g/mol. The minimum absolute atomic E-state index is 0.757. The molecule has 0 atom stereocenters. The molecule has 0 unspecified atom stereocenters. The summed E-state index contributed by atoms with van der Waals surface area (Å²) in [5, 5.41) is 1.21. The third kappa shape index (κ3) is 7.27. The van der Waals surface area contributed by atoms with E-state index in [1.165, 1.54) is 28.1 Å². The Hall–Kier alpha value is -2.82. The second-order valence-corrected chi connectivity index (χ2v) is 19.1. The van der Waals surface area contributed by atoms with Gasteiger partial charge in [0.25, 0.3) is 0 Å². The molecular formula is C35H46N4Zr. The number of nitrogens with one attached hydrogen (secondary N) is 1. The van der Waals surface area contributed by atoms with E-state index in [1.807, 2.05) is 36.5 Å². The maximum Gasteiger partial charge on any atom is -0.0273 e. The van der Waals surface area contributed by atoms with E-state index >= 15 is 0 Å². The van der Waals surface area contributed by atoms with Gasteiger partial charge in [-0.3, -0.25) is 0 Å². The SMILES string of the molecule is C=CC[N](CC=C)[Zr]([c]1cc2ccccc2[nH]1)([N](CC=C)CC=C)[N](CC=C)CC=C.c1ccc2c(c1)CCC2. The van der Waals surface area contributed by atoms with Crippen LogP contribution in [0, 0.1) is 0 Å². The second kappa shape index (κ2) is 16.4. The number of fused-ring (bicyclic) bond motifs is 2. The first-order valence-corrected chi connectivity index (χ1v) is 18.7. The molecule has 2 aromatic carbocycles. The third-order valence-corrected chi connectivity index (χ3v) is 19.0. The summed E-state index contributed by atoms with van der Waals surface area (Å²) in [5.41, 5.74) is 4.28. The minimum Gasteiger partial charge on any atom is -0.0620 e. The van der Waals surface area contributed by atoms with Crippen LogP contribution < -0.4 is 3.40 Å². The van der Waals surface area contributed by atoms with Crippen LogP contribution in [0.2, 0.25) is 0 Å². The van der Waals surface area contributed by atoms with Crippen LogP contribution in [-0.4, -0.2) is 52.8 Å². The molecule has 4 rings (SSSR count). The summed E-state index contributed by atoms with van der Waals surface area (Å²) in [7, 11) is 0. The zero-order chi connectivity index (χ0) is 28.8. The van der Waals surface area contributed by atoms with Crippen molar-refractivity contribution in [2.24, 2.45) is 0 Å². The van der Waals surface area contributed by atoms with E-state index < -0.39 is 21.1 Å². The first-order valence-electron chi connectivity index (χ1n) is 14.2. The normalized spacial score (nSPS) is 12.6. The Morgan fingerprint density at radius 1 is 0.600 bits per heavy atom. The van der Waals surface area contributed by atoms with Gasteiger partial charge >= 0.3 is 194 Å². The molecule has 0 fully saturated rings. The average molecular weight is 614 g/mol. The summed E-state index contributed by atoms with van der Waals surface area (Å²) in [6.07, 6.45) is 15.9. The van der Waals surface area contributed by atoms with Gasteiger partial charge in [0.1, 0.15) is 0 Å². The molecule has 1 aromatic heterocycles. The van der Waals surface area contributed by atoms with Gasteiger partial charge in [-0.2, -0.15) is 0 Å². The molecule has 4 nitrogen and oxygen atoms in total. The van der Waals surface area contributed by atoms with Crippen molar-refractivity contribution in [1.29, 1.82) is 0 Å². The number of aromatic nitrogens is 1. The predicted molar refractivity (Wildman–Crippen MR) is 172 cm³/mol. The fourth-order valence-electron chi connectivity index (χ4n) is 5.80. The van der Waals surface area contributed by atoms with E-state index in [0.29, 0.717) is 0 Å². The van der Waals surface area contributed by atoms with Gasteiger partial charge in [-0.15, -0.1) is 0 Å². The molecule has 0 aliphatic heterocycles. The molecule has 0 radical (unpaired) electrons. The zero-order valence-corrected chi connectivity index (χ0v) is 26.6. The second-order valence-electron chi connectivity index (χ2n) is 9.97. The Kier molecular flexibility index (Phi) is 13.0. The Morgan fingerprint density at radius 2 is 1.00 bits per heavy atom. The monoisotopic (exact) mass is 612 g/mol. The number of benzene rings is 2. The van der Waals surface area contributed by atoms with Crippen molar-refractivity contribution in [3.05, 3.63) is 142 Å². The first kappa shape index (κ1) is 31.7. The molecule has 5 heteroatoms. The van der Waals surface area contributed by atoms with Crippen LogP contribution in [0.3, 0.4) is 0 Å². The van der Waals surface area contributed by atoms with Crippen molar-refractivity contribution in [1.82, 2.24) is 13.5 Å². The van der Waals surface area contributed by atoms with Gasteiger partial charge in [0, 0.05) is 0 Å². The number of nitrogens with zero attached hydrogens (tertiary/aromatic N) is 3. The maximum absolute atomic E-state index is 4.07. The van der Waals surface area contributed by atoms with Gasteiger partial charge in [0.15, 0.2) is 0 Å². The van der Waals surface area contributed by atoms with Crippen LogP contribution in [0.25, 0.3) is 10.9 Å². The fraction of sp³-hybridized carbons (Fsp3) is 0.257. The van der Waals surface area contributed by atoms with Crippen molar-refractivity contribution in [3.63, 3.8) is 0 Å². The molecule has 0 spiro atoms. The number of rotatable bonds is 16. The number of aryl methyl sites for hydroxylation is 2. The van der Waals surface area contributed by atoms with Gasteiger partial charge in [0.05, 0.1) is 0 Å². The molecule has 0 saturated carbocycles. The van der Waals surface area contributed by atoms with Crippen LogP contribution in [0.5, 0.6) is 0 Å². The summed E-state index contributed by atoms with van der Waals surface area (Å²) < 4.78 is 8.98. The average Bonchev–Trinajstić information content (AvgIpc) is 3.62. The van der Waals surface area contributed by atoms with E-state index in [4.69, 9.17) is 0 Å². The van der Waals surface area contributed by atoms with E-state index in [9.17, 15) is 0 Å². The Labute approximate surface area is 248 Å². The molecule has 1 aliphatic rings. The first-order chi connectivity index (χ1) is 19.6. The van der Waals surface area contributed by atoms with E-state index in [2.05, 4.69) is 108 Å². The fourth-order valence-corrected chi connectivity index (χ4v) is 18.5. The smallest absolute Gasteiger partial charge is 0.0273 e. The Balaban J connectivity index is 0.000000407. The number of H-pyrrole nitrogens is 1. The molecule has 0 amide bonds. The Bertz CT molecular complexity index is 1140. The molecule has 0 bridgehead atoms. The largest absolute Gasteiger partial charge is 0.0620 e. The van der Waals surface area contributed by atoms with Crippen molar-refractivity contribution in [2.45, 2.75) is 19.3 Å². The topological polar surface area (TPSA) is 25.5 Å². The van der Waals surface area contributed by atoms with Gasteiger partial charge in [-0.05, 0) is 30.4 Å². The maximum atomic E-state index is 4.07. The van der Waals surface area contributed by atoms with Crippen molar-refractivity contribution in [2.75, 3.05) is 39.3 Å². The Morgan fingerprint density at radius 3 is 1.40 bits per heavy atom. The van der Waals surface area contributed by atoms with Crippen LogP contribution in [-0.2, 0) is 34.0 Å². The quantitative estimate of drug-likeness (QED) is 0.178. The van der Waals surface area contributed by atoms with E-state index in [0.717, 1.165) is 44.8 Å². The summed E-state index contributed by atoms with van der Waals surface area (Å²) >= 11 is -3.82. The van der Waals surface area contributed by atoms with Crippen molar-refractivity contribution >= 4 is 14.3 Å². The third-order valence-electron chi connectivity index (χ3n) is 7.32. The van der Waals surface area contributed by atoms with Crippen LogP contribution >= 0.6 is 0 Å². The van der Waals surface area contributed by atoms with E-state index in [-0.39, 0.29) is 0 Å². The standard InChI is InChI=1S/C9H10.C8H6N.3C6H10N.Zr/c1-2-5-9-7-3-6-8(9)4-1;1-2-4-8-7(3-1)5-6-9-8;3*1-3-5-7-6-4-2;/h1-2,4-5H,3,6-7H2;1-5,9H;3*3-4H,1-2,5-6H2;/q;;3*-1;+3. The number of para-hydroxylation sites is 1. The van der Waals surface area contributed by atoms with E-state index in [1.54, 1.807) is 11.1 Å². The zero-order valence-electron chi connectivity index (χ0n) is 24.1. The van der Waals surface area contributed by atoms with Gasteiger partial charge in [-0.1, -0.05) is 24.3 Å². The van der Waals surface area contributed by atoms with Crippen molar-refractivity contribution < 1.29 is 21.1 Å². The van der Waals surface area contributed by atoms with Crippen LogP contribution in [0.4, 0.5) is 0 Å². The summed E-state index contributed by atoms with van der Waals surface area (Å²) in [5.74, 6) is 0. The minimum atomic E-state index is -3.82. The van der Waals surface area contributed by atoms with Gasteiger partial charge in [-0.25, -0.2) is 0 Å². The van der Waals surface area contributed by atoms with Crippen LogP contribution in [0.1, 0.15) is 17.5 Å². The predicted octanol–water partition coefficient (Wildman–Crippen LogP) is 6.89. The van der Waals surface area contributed by atoms with Crippen LogP contribution in [0.15, 0.2) is 131 Å². The molecule has 1 aliphatic carbocycles. The van der Waals surface area contributed by atoms with Gasteiger partial charge in [0.2, 0.25) is 0 Å². The number of hydrogen-bond donors (Lipinski definition) is 1. The van der Waals surface area contributed by atoms with Crippen molar-refractivity contribution in [3.8, 4) is 0 Å². The number of aromatic amines is 1. The summed E-state index contributed by atoms with van der Waals surface area (Å²) in [4.78, 5) is 3.79. The molecule has 0 saturated heterocycles. The molecule has 1 N–H and O–H groups in total. The summed E-state index contributed by atoms with van der Waals surface area (Å²) in [6.45, 7) is 28.9. The molecule has 3 aromatic rings. The number of hydrogen-bond acceptors (Lipinski definition) is 3. The van der Waals surface area contributed by atoms with Gasteiger partial charge < -0.3 is 0 Å². The molecule has 210 valence electrons. The summed E-state index contributed by atoms with van der Waals surface area (Å²) in [6, 6.07) is 19.5.